The predicted octanol–water partition coefficient (Wildman–Crippen LogP) is 3.26. The Morgan fingerprint density at radius 2 is 1.84 bits per heavy atom. The number of nitrogens with zero attached hydrogens (tertiary/aromatic N) is 1. The van der Waals surface area contributed by atoms with E-state index in [4.69, 9.17) is 0 Å². The third kappa shape index (κ3) is 6.18. The molecule has 0 spiro atoms. The van der Waals surface area contributed by atoms with Crippen molar-refractivity contribution in [3.63, 3.8) is 0 Å². The van der Waals surface area contributed by atoms with Gasteiger partial charge in [-0.2, -0.15) is 0 Å². The Labute approximate surface area is 127 Å². The zero-order valence-electron chi connectivity index (χ0n) is 10.4. The highest BCUT2D eigenvalue weighted by molar-refractivity contribution is 8.14. The van der Waals surface area contributed by atoms with E-state index >= 15 is 0 Å². The van der Waals surface area contributed by atoms with E-state index in [2.05, 4.69) is 27.0 Å². The lowest BCUT2D eigenvalue weighted by Gasteiger charge is -2.21. The lowest BCUT2D eigenvalue weighted by atomic mass is 10.2. The monoisotopic (exact) mass is 348 g/mol. The second kappa shape index (κ2) is 9.66. The van der Waals surface area contributed by atoms with E-state index in [9.17, 15) is 12.8 Å². The molecule has 19 heavy (non-hydrogen) atoms. The van der Waals surface area contributed by atoms with Crippen LogP contribution < -0.4 is 9.03 Å². The minimum Gasteiger partial charge on any atom is -0.305 e. The van der Waals surface area contributed by atoms with Crippen LogP contribution in [0.3, 0.4) is 0 Å². The van der Waals surface area contributed by atoms with Crippen LogP contribution in [0.15, 0.2) is 24.3 Å². The van der Waals surface area contributed by atoms with Gasteiger partial charge < -0.3 is 5.32 Å². The molecule has 0 aliphatic rings. The summed E-state index contributed by atoms with van der Waals surface area (Å²) in [4.78, 5) is 0. The molecule has 0 aliphatic heterocycles. The number of benzene rings is 1. The molecule has 0 atom stereocenters. The molecule has 0 bridgehead atoms. The van der Waals surface area contributed by atoms with Crippen LogP contribution in [0.5, 0.6) is 0 Å². The van der Waals surface area contributed by atoms with Crippen LogP contribution in [0.1, 0.15) is 5.56 Å². The summed E-state index contributed by atoms with van der Waals surface area (Å²) in [5.41, 5.74) is 1.47. The maximum absolute atomic E-state index is 12.4. The number of aryl methyl sites for hydroxylation is 1. The maximum Gasteiger partial charge on any atom is 0.257 e. The molecule has 1 aromatic rings. The Morgan fingerprint density at radius 1 is 1.32 bits per heavy atom. The molecule has 0 saturated carbocycles. The minimum absolute atomic E-state index is 0.228. The number of sulfonamides is 1. The highest BCUT2D eigenvalue weighted by Crippen LogP contribution is 2.26. The van der Waals surface area contributed by atoms with Gasteiger partial charge >= 0.3 is 0 Å². The second-order valence-electron chi connectivity index (χ2n) is 3.41. The molecule has 0 aliphatic carbocycles. The average Bonchev–Trinajstić information content (AvgIpc) is 2.39. The fourth-order valence-electron chi connectivity index (χ4n) is 1.27. The van der Waals surface area contributed by atoms with Gasteiger partial charge in [0.2, 0.25) is 0 Å². The maximum atomic E-state index is 12.4. The van der Waals surface area contributed by atoms with Crippen molar-refractivity contribution in [3.8, 4) is 0 Å². The van der Waals surface area contributed by atoms with E-state index in [1.165, 1.54) is 7.05 Å². The van der Waals surface area contributed by atoms with Gasteiger partial charge in [-0.25, -0.2) is 16.5 Å². The van der Waals surface area contributed by atoms with Crippen molar-refractivity contribution in [2.45, 2.75) is 6.92 Å². The molecular weight excluding hydrogens is 334 g/mol. The summed E-state index contributed by atoms with van der Waals surface area (Å²) in [5, 5.41) is 2.56. The normalized spacial score (nSPS) is 10.6. The van der Waals surface area contributed by atoms with Crippen LogP contribution in [0, 0.1) is 6.92 Å². The van der Waals surface area contributed by atoms with Gasteiger partial charge in [0.1, 0.15) is 5.88 Å². The van der Waals surface area contributed by atoms with Crippen molar-refractivity contribution in [1.29, 1.82) is 0 Å². The van der Waals surface area contributed by atoms with Crippen molar-refractivity contribution in [2.24, 2.45) is 0 Å². The van der Waals surface area contributed by atoms with E-state index in [1.807, 2.05) is 6.92 Å². The zero-order chi connectivity index (χ0) is 14.9. The van der Waals surface area contributed by atoms with Gasteiger partial charge in [0.25, 0.3) is 10.0 Å². The molecule has 0 fully saturated rings. The quantitative estimate of drug-likeness (QED) is 0.801. The molecule has 0 amide bonds. The number of rotatable bonds is 6. The molecule has 110 valence electrons. The molecule has 1 N–H and O–H groups in total. The first-order valence-electron chi connectivity index (χ1n) is 5.08. The van der Waals surface area contributed by atoms with Gasteiger partial charge in [0.05, 0.1) is 5.69 Å². The third-order valence-electron chi connectivity index (χ3n) is 1.99. The van der Waals surface area contributed by atoms with Gasteiger partial charge in [-0.3, -0.25) is 0 Å². The zero-order valence-corrected chi connectivity index (χ0v) is 13.6. The predicted molar refractivity (Wildman–Crippen MR) is 81.8 cm³/mol. The number of anilines is 1. The summed E-state index contributed by atoms with van der Waals surface area (Å²) in [6.07, 6.45) is 0. The highest BCUT2D eigenvalue weighted by atomic mass is 36.5. The smallest absolute Gasteiger partial charge is 0.257 e. The van der Waals surface area contributed by atoms with Crippen LogP contribution in [0.2, 0.25) is 0 Å². The number of hydrogen-bond acceptors (Lipinski definition) is 4. The molecule has 1 aromatic carbocycles. The molecule has 0 unspecified atom stereocenters. The lowest BCUT2D eigenvalue weighted by Crippen LogP contribution is -2.32. The van der Waals surface area contributed by atoms with Gasteiger partial charge in [-0.05, 0) is 26.1 Å². The van der Waals surface area contributed by atoms with E-state index in [0.29, 0.717) is 17.6 Å². The minimum atomic E-state index is -3.56. The Morgan fingerprint density at radius 3 is 2.26 bits per heavy atom. The summed E-state index contributed by atoms with van der Waals surface area (Å²) in [5.74, 6) is -0.228. The SMILES string of the molecule is CNCS(=O)(=O)N(SCF)c1ccc(C)cc1.ClCl. The average molecular weight is 349 g/mol. The molecule has 9 heteroatoms. The fraction of sp³-hybridized carbons (Fsp3) is 0.400. The topological polar surface area (TPSA) is 49.4 Å². The first-order chi connectivity index (χ1) is 9.01. The van der Waals surface area contributed by atoms with Crippen molar-refractivity contribution < 1.29 is 12.8 Å². The van der Waals surface area contributed by atoms with Crippen LogP contribution in [0.4, 0.5) is 10.1 Å². The first-order valence-corrected chi connectivity index (χ1v) is 8.78. The van der Waals surface area contributed by atoms with Crippen molar-refractivity contribution in [1.82, 2.24) is 5.32 Å². The highest BCUT2D eigenvalue weighted by Gasteiger charge is 2.22. The standard InChI is InChI=1S/C10H15FN2O2S2.Cl2/c1-9-3-5-10(6-4-9)13(16-7-11)17(14,15)8-12-2;1-2/h3-6,12H,7-8H2,1-2H3;. The second-order valence-corrected chi connectivity index (χ2v) is 6.30. The Bertz CT molecular complexity index is 457. The van der Waals surface area contributed by atoms with Gasteiger partial charge in [0, 0.05) is 33.7 Å². The van der Waals surface area contributed by atoms with Crippen LogP contribution in [-0.2, 0) is 10.0 Å². The first kappa shape index (κ1) is 18.8. The van der Waals surface area contributed by atoms with E-state index in [1.54, 1.807) is 24.3 Å². The van der Waals surface area contributed by atoms with Crippen molar-refractivity contribution >= 4 is 49.4 Å². The van der Waals surface area contributed by atoms with Gasteiger partial charge in [0.15, 0.2) is 6.01 Å². The molecular formula is C10H15Cl2FN2O2S2. The fourth-order valence-corrected chi connectivity index (χ4v) is 3.47. The molecule has 0 saturated heterocycles. The van der Waals surface area contributed by atoms with Gasteiger partial charge in [-0.15, -0.1) is 0 Å². The number of nitrogens with one attached hydrogen (secondary N) is 1. The Kier molecular flexibility index (Phi) is 9.55. The number of hydrogen-bond donors (Lipinski definition) is 1. The van der Waals surface area contributed by atoms with E-state index in [-0.39, 0.29) is 5.88 Å². The van der Waals surface area contributed by atoms with E-state index in [0.717, 1.165) is 9.27 Å². The number of halogens is 3. The Hall–Kier alpha value is -0.210. The molecule has 1 rings (SSSR count). The lowest BCUT2D eigenvalue weighted by molar-refractivity contribution is 0.591. The summed E-state index contributed by atoms with van der Waals surface area (Å²) >= 11 is 0.621. The summed E-state index contributed by atoms with van der Waals surface area (Å²) in [6, 6.07) is 6.10. The third-order valence-corrected chi connectivity index (χ3v) is 4.90. The molecule has 0 radical (unpaired) electrons. The molecule has 4 nitrogen and oxygen atoms in total. The Balaban J connectivity index is 0.00000154. The summed E-state index contributed by atoms with van der Waals surface area (Å²) < 4.78 is 37.2. The van der Waals surface area contributed by atoms with Crippen molar-refractivity contribution in [2.75, 3.05) is 22.6 Å². The van der Waals surface area contributed by atoms with E-state index < -0.39 is 16.0 Å². The summed E-state index contributed by atoms with van der Waals surface area (Å²) in [6.45, 7) is 1.90. The number of alkyl halides is 1. The molecule has 0 heterocycles. The van der Waals surface area contributed by atoms with Crippen LogP contribution in [0.25, 0.3) is 0 Å². The largest absolute Gasteiger partial charge is 0.305 e. The van der Waals surface area contributed by atoms with Gasteiger partial charge in [-0.1, -0.05) is 17.7 Å². The van der Waals surface area contributed by atoms with Crippen molar-refractivity contribution in [3.05, 3.63) is 29.8 Å². The van der Waals surface area contributed by atoms with Crippen LogP contribution in [-0.4, -0.2) is 27.3 Å². The summed E-state index contributed by atoms with van der Waals surface area (Å²) in [7, 11) is 6.20. The molecule has 0 aromatic heterocycles. The van der Waals surface area contributed by atoms with Crippen LogP contribution >= 0.6 is 33.7 Å².